The summed E-state index contributed by atoms with van der Waals surface area (Å²) in [5.74, 6) is 0. The van der Waals surface area contributed by atoms with Crippen LogP contribution < -0.4 is 0 Å². The third-order valence-corrected chi connectivity index (χ3v) is 9.62. The molecular formula is C45H25N5. The zero-order chi connectivity index (χ0) is 33.8. The monoisotopic (exact) mass is 635 g/mol. The van der Waals surface area contributed by atoms with E-state index in [9.17, 15) is 15.8 Å². The van der Waals surface area contributed by atoms with Crippen LogP contribution in [0, 0.1) is 34.0 Å². The molecule has 9 rings (SSSR count). The Balaban J connectivity index is 1.31. The number of hydrogen-bond donors (Lipinski definition) is 0. The van der Waals surface area contributed by atoms with Crippen molar-refractivity contribution in [1.82, 2.24) is 9.13 Å². The van der Waals surface area contributed by atoms with E-state index < -0.39 is 0 Å². The second kappa shape index (κ2) is 11.4. The molecular weight excluding hydrogens is 611 g/mol. The topological polar surface area (TPSA) is 81.2 Å². The Morgan fingerprint density at radius 2 is 1.02 bits per heavy atom. The molecule has 0 aliphatic carbocycles. The van der Waals surface area contributed by atoms with Crippen LogP contribution in [0.2, 0.25) is 0 Å². The first-order valence-electron chi connectivity index (χ1n) is 16.3. The predicted molar refractivity (Wildman–Crippen MR) is 200 cm³/mol. The zero-order valence-electron chi connectivity index (χ0n) is 26.7. The van der Waals surface area contributed by atoms with Gasteiger partial charge >= 0.3 is 0 Å². The molecule has 0 radical (unpaired) electrons. The highest BCUT2D eigenvalue weighted by molar-refractivity contribution is 6.11. The lowest BCUT2D eigenvalue weighted by atomic mass is 9.90. The number of nitrogens with zero attached hydrogens (tertiary/aromatic N) is 5. The van der Waals surface area contributed by atoms with Crippen molar-refractivity contribution in [2.75, 3.05) is 0 Å². The maximum absolute atomic E-state index is 10.6. The van der Waals surface area contributed by atoms with Gasteiger partial charge in [0.25, 0.3) is 0 Å². The van der Waals surface area contributed by atoms with E-state index in [0.29, 0.717) is 16.7 Å². The lowest BCUT2D eigenvalue weighted by Gasteiger charge is -2.19. The minimum absolute atomic E-state index is 0.530. The Bertz CT molecular complexity index is 2920. The summed E-state index contributed by atoms with van der Waals surface area (Å²) in [6.45, 7) is 0. The number of para-hydroxylation sites is 2. The van der Waals surface area contributed by atoms with Crippen LogP contribution in [-0.4, -0.2) is 9.13 Å². The van der Waals surface area contributed by atoms with Crippen molar-refractivity contribution in [1.29, 1.82) is 15.8 Å². The number of fused-ring (bicyclic) bond motifs is 6. The van der Waals surface area contributed by atoms with E-state index in [1.54, 1.807) is 6.07 Å². The van der Waals surface area contributed by atoms with Crippen LogP contribution in [0.1, 0.15) is 16.7 Å². The van der Waals surface area contributed by atoms with Gasteiger partial charge < -0.3 is 9.13 Å². The number of aromatic nitrogens is 2. The molecule has 0 spiro atoms. The summed E-state index contributed by atoms with van der Waals surface area (Å²) >= 11 is 0. The van der Waals surface area contributed by atoms with Crippen molar-refractivity contribution in [2.24, 2.45) is 0 Å². The van der Waals surface area contributed by atoms with Crippen LogP contribution in [0.5, 0.6) is 0 Å². The van der Waals surface area contributed by atoms with Gasteiger partial charge in [0.2, 0.25) is 0 Å². The second-order valence-corrected chi connectivity index (χ2v) is 12.3. The molecule has 5 nitrogen and oxygen atoms in total. The molecule has 0 saturated carbocycles. The highest BCUT2D eigenvalue weighted by Gasteiger charge is 2.21. The smallest absolute Gasteiger partial charge is 0.0998 e. The quantitative estimate of drug-likeness (QED) is 0.193. The van der Waals surface area contributed by atoms with E-state index in [0.717, 1.165) is 66.5 Å². The summed E-state index contributed by atoms with van der Waals surface area (Å²) in [5.41, 5.74) is 11.2. The van der Waals surface area contributed by atoms with Gasteiger partial charge in [-0.25, -0.2) is 0 Å². The molecule has 5 heteroatoms. The molecule has 0 aliphatic rings. The summed E-state index contributed by atoms with van der Waals surface area (Å²) in [4.78, 5) is 0. The third-order valence-electron chi connectivity index (χ3n) is 9.62. The Morgan fingerprint density at radius 1 is 0.400 bits per heavy atom. The minimum Gasteiger partial charge on any atom is -0.309 e. The Hall–Kier alpha value is -7.39. The molecule has 0 saturated heterocycles. The van der Waals surface area contributed by atoms with Crippen molar-refractivity contribution in [3.05, 3.63) is 168 Å². The number of benzene rings is 7. The minimum atomic E-state index is 0.530. The summed E-state index contributed by atoms with van der Waals surface area (Å²) in [5, 5.41) is 34.4. The van der Waals surface area contributed by atoms with Crippen molar-refractivity contribution >= 4 is 43.6 Å². The first kappa shape index (κ1) is 28.8. The molecule has 0 bridgehead atoms. The second-order valence-electron chi connectivity index (χ2n) is 12.3. The maximum Gasteiger partial charge on any atom is 0.0998 e. The average Bonchev–Trinajstić information content (AvgIpc) is 3.69. The molecule has 0 N–H and O–H groups in total. The lowest BCUT2D eigenvalue weighted by Crippen LogP contribution is -2.01. The average molecular weight is 636 g/mol. The van der Waals surface area contributed by atoms with Gasteiger partial charge in [0.15, 0.2) is 0 Å². The lowest BCUT2D eigenvalue weighted by molar-refractivity contribution is 1.18. The van der Waals surface area contributed by atoms with Gasteiger partial charge in [-0.1, -0.05) is 84.9 Å². The Kier molecular flexibility index (Phi) is 6.56. The van der Waals surface area contributed by atoms with Gasteiger partial charge in [-0.05, 0) is 83.4 Å². The van der Waals surface area contributed by atoms with Crippen LogP contribution in [-0.2, 0) is 0 Å². The third kappa shape index (κ3) is 4.31. The van der Waals surface area contributed by atoms with Gasteiger partial charge in [-0.15, -0.1) is 0 Å². The highest BCUT2D eigenvalue weighted by atomic mass is 15.0. The van der Waals surface area contributed by atoms with E-state index in [1.165, 1.54) is 10.8 Å². The fourth-order valence-corrected chi connectivity index (χ4v) is 7.49. The fraction of sp³-hybridized carbons (Fsp3) is 0. The van der Waals surface area contributed by atoms with Crippen LogP contribution in [0.4, 0.5) is 0 Å². The molecule has 0 fully saturated rings. The largest absolute Gasteiger partial charge is 0.309 e. The maximum atomic E-state index is 10.6. The van der Waals surface area contributed by atoms with E-state index >= 15 is 0 Å². The number of rotatable bonds is 4. The molecule has 50 heavy (non-hydrogen) atoms. The van der Waals surface area contributed by atoms with E-state index in [2.05, 4.69) is 112 Å². The number of nitriles is 3. The Morgan fingerprint density at radius 3 is 1.76 bits per heavy atom. The van der Waals surface area contributed by atoms with Crippen LogP contribution in [0.3, 0.4) is 0 Å². The van der Waals surface area contributed by atoms with Crippen molar-refractivity contribution in [3.63, 3.8) is 0 Å². The van der Waals surface area contributed by atoms with Gasteiger partial charge in [-0.3, -0.25) is 0 Å². The molecule has 0 unspecified atom stereocenters. The molecule has 0 aliphatic heterocycles. The number of hydrogen-bond acceptors (Lipinski definition) is 3. The van der Waals surface area contributed by atoms with Gasteiger partial charge in [-0.2, -0.15) is 15.8 Å². The van der Waals surface area contributed by atoms with E-state index in [-0.39, 0.29) is 0 Å². The molecule has 9 aromatic rings. The first-order valence-corrected chi connectivity index (χ1v) is 16.3. The summed E-state index contributed by atoms with van der Waals surface area (Å²) < 4.78 is 4.43. The summed E-state index contributed by atoms with van der Waals surface area (Å²) in [6.07, 6.45) is 0. The molecule has 0 atom stereocenters. The van der Waals surface area contributed by atoms with Crippen LogP contribution in [0.25, 0.3) is 77.2 Å². The zero-order valence-corrected chi connectivity index (χ0v) is 26.7. The van der Waals surface area contributed by atoms with Gasteiger partial charge in [0.05, 0.1) is 62.7 Å². The molecule has 0 amide bonds. The fourth-order valence-electron chi connectivity index (χ4n) is 7.49. The van der Waals surface area contributed by atoms with E-state index in [4.69, 9.17) is 0 Å². The van der Waals surface area contributed by atoms with Gasteiger partial charge in [0.1, 0.15) is 0 Å². The van der Waals surface area contributed by atoms with Crippen LogP contribution in [0.15, 0.2) is 152 Å². The SMILES string of the molecule is N#Cc1ccc2c(c1)c1ccc(C#N)cc1n2-c1cccc(C#N)c1-c1ccccc1-c1cccc(-n2c3ccccc3c3ccccc32)c1. The first-order chi connectivity index (χ1) is 24.7. The normalized spacial score (nSPS) is 11.1. The summed E-state index contributed by atoms with van der Waals surface area (Å²) in [6, 6.07) is 57.8. The summed E-state index contributed by atoms with van der Waals surface area (Å²) in [7, 11) is 0. The predicted octanol–water partition coefficient (Wildman–Crippen LogP) is 10.8. The van der Waals surface area contributed by atoms with Gasteiger partial charge in [0, 0.05) is 32.8 Å². The van der Waals surface area contributed by atoms with Crippen molar-refractivity contribution < 1.29 is 0 Å². The van der Waals surface area contributed by atoms with Crippen molar-refractivity contribution in [3.8, 4) is 51.8 Å². The standard InChI is InChI=1S/C45H25N5/c46-26-29-20-22-42-39(23-29)37-21-19-30(27-47)24-44(37)50(42)43-18-8-10-32(28-48)45(43)38-15-2-1-12-34(38)31-9-7-11-33(25-31)49-40-16-5-3-13-35(40)36-14-4-6-17-41(36)49/h1-25H. The van der Waals surface area contributed by atoms with E-state index in [1.807, 2.05) is 60.7 Å². The molecule has 7 aromatic carbocycles. The van der Waals surface area contributed by atoms with Crippen molar-refractivity contribution in [2.45, 2.75) is 0 Å². The Labute approximate surface area is 287 Å². The van der Waals surface area contributed by atoms with Crippen LogP contribution >= 0.6 is 0 Å². The highest BCUT2D eigenvalue weighted by Crippen LogP contribution is 2.42. The molecule has 230 valence electrons. The molecule has 2 heterocycles. The molecule has 2 aromatic heterocycles.